The summed E-state index contributed by atoms with van der Waals surface area (Å²) in [5.41, 5.74) is 0.885. The van der Waals surface area contributed by atoms with E-state index in [1.165, 1.54) is 6.42 Å². The first-order chi connectivity index (χ1) is 10.8. The Balaban J connectivity index is 1.73. The highest BCUT2D eigenvalue weighted by Gasteiger charge is 2.37. The number of nitrogens with one attached hydrogen (secondary N) is 1. The molecule has 1 aromatic rings. The van der Waals surface area contributed by atoms with Gasteiger partial charge in [0.15, 0.2) is 14.9 Å². The molecule has 1 aliphatic carbocycles. The number of rotatable bonds is 3. The zero-order chi connectivity index (χ0) is 16.7. The smallest absolute Gasteiger partial charge is 0.200 e. The van der Waals surface area contributed by atoms with Crippen molar-refractivity contribution in [1.82, 2.24) is 4.98 Å². The van der Waals surface area contributed by atoms with Crippen molar-refractivity contribution in [2.24, 2.45) is 5.92 Å². The fourth-order valence-electron chi connectivity index (χ4n) is 3.51. The Morgan fingerprint density at radius 2 is 2.00 bits per heavy atom. The Hall–Kier alpha value is -1.14. The summed E-state index contributed by atoms with van der Waals surface area (Å²) in [4.78, 5) is 4.19. The first-order valence-corrected chi connectivity index (χ1v) is 9.86. The monoisotopic (exact) mass is 338 g/mol. The minimum absolute atomic E-state index is 0.140. The van der Waals surface area contributed by atoms with E-state index in [4.69, 9.17) is 4.74 Å². The summed E-state index contributed by atoms with van der Waals surface area (Å²) in [6, 6.07) is 3.82. The molecule has 1 aromatic heterocycles. The van der Waals surface area contributed by atoms with Crippen molar-refractivity contribution >= 4 is 15.5 Å². The molecule has 5 nitrogen and oxygen atoms in total. The quantitative estimate of drug-likeness (QED) is 0.917. The average Bonchev–Trinajstić information content (AvgIpc) is 2.96. The van der Waals surface area contributed by atoms with E-state index in [0.717, 1.165) is 31.6 Å². The molecule has 0 amide bonds. The second-order valence-corrected chi connectivity index (χ2v) is 10.2. The molecule has 23 heavy (non-hydrogen) atoms. The molecule has 128 valence electrons. The predicted molar refractivity (Wildman–Crippen MR) is 90.3 cm³/mol. The Labute approximate surface area is 138 Å². The standard InChI is InChI=1S/C17H26N2O3S/c1-17(2,3)23(20,21)16-8-7-12(11-18-16)19-14-5-4-6-15-13(14)9-10-22-15/h7-8,11,13-15,19H,4-6,9-10H2,1-3H3. The van der Waals surface area contributed by atoms with Crippen LogP contribution in [0.4, 0.5) is 5.69 Å². The molecule has 1 saturated heterocycles. The second kappa shape index (κ2) is 6.06. The van der Waals surface area contributed by atoms with Crippen molar-refractivity contribution in [3.63, 3.8) is 0 Å². The van der Waals surface area contributed by atoms with Crippen molar-refractivity contribution < 1.29 is 13.2 Å². The lowest BCUT2D eigenvalue weighted by molar-refractivity contribution is 0.0620. The molecule has 0 aromatic carbocycles. The van der Waals surface area contributed by atoms with Crippen molar-refractivity contribution in [3.05, 3.63) is 18.3 Å². The minimum atomic E-state index is -3.40. The van der Waals surface area contributed by atoms with Gasteiger partial charge in [0.1, 0.15) is 0 Å². The molecule has 1 N–H and O–H groups in total. The van der Waals surface area contributed by atoms with Crippen LogP contribution in [0.3, 0.4) is 0 Å². The van der Waals surface area contributed by atoms with Gasteiger partial charge in [-0.05, 0) is 58.6 Å². The minimum Gasteiger partial charge on any atom is -0.381 e. The zero-order valence-electron chi connectivity index (χ0n) is 14.1. The highest BCUT2D eigenvalue weighted by atomic mass is 32.2. The molecule has 3 rings (SSSR count). The maximum atomic E-state index is 12.4. The molecule has 2 fully saturated rings. The lowest BCUT2D eigenvalue weighted by Crippen LogP contribution is -2.38. The van der Waals surface area contributed by atoms with Crippen LogP contribution in [0.5, 0.6) is 0 Å². The lowest BCUT2D eigenvalue weighted by atomic mass is 9.82. The summed E-state index contributed by atoms with van der Waals surface area (Å²) in [5.74, 6) is 0.557. The first kappa shape index (κ1) is 16.7. The van der Waals surface area contributed by atoms with Gasteiger partial charge < -0.3 is 10.1 Å². The van der Waals surface area contributed by atoms with Gasteiger partial charge in [-0.3, -0.25) is 0 Å². The molecular weight excluding hydrogens is 312 g/mol. The van der Waals surface area contributed by atoms with Crippen molar-refractivity contribution in [2.45, 2.75) is 68.4 Å². The summed E-state index contributed by atoms with van der Waals surface area (Å²) in [5, 5.41) is 3.67. The fourth-order valence-corrected chi connectivity index (χ4v) is 4.57. The van der Waals surface area contributed by atoms with Crippen LogP contribution in [0.25, 0.3) is 0 Å². The third-order valence-electron chi connectivity index (χ3n) is 4.95. The van der Waals surface area contributed by atoms with E-state index in [9.17, 15) is 8.42 Å². The third-order valence-corrected chi connectivity index (χ3v) is 7.36. The number of ether oxygens (including phenoxy) is 1. The number of fused-ring (bicyclic) bond motifs is 1. The van der Waals surface area contributed by atoms with Gasteiger partial charge in [0.2, 0.25) is 0 Å². The lowest BCUT2D eigenvalue weighted by Gasteiger charge is -2.33. The molecule has 3 atom stereocenters. The Bertz CT molecular complexity index is 649. The van der Waals surface area contributed by atoms with Crippen LogP contribution in [0.1, 0.15) is 46.5 Å². The van der Waals surface area contributed by atoms with Gasteiger partial charge in [0.25, 0.3) is 0 Å². The molecule has 0 spiro atoms. The van der Waals surface area contributed by atoms with E-state index in [0.29, 0.717) is 18.1 Å². The van der Waals surface area contributed by atoms with E-state index in [1.54, 1.807) is 33.0 Å². The largest absolute Gasteiger partial charge is 0.381 e. The molecule has 3 unspecified atom stereocenters. The highest BCUT2D eigenvalue weighted by Crippen LogP contribution is 2.36. The number of hydrogen-bond acceptors (Lipinski definition) is 5. The van der Waals surface area contributed by atoms with Crippen LogP contribution >= 0.6 is 0 Å². The van der Waals surface area contributed by atoms with Crippen LogP contribution in [0.2, 0.25) is 0 Å². The Morgan fingerprint density at radius 3 is 2.65 bits per heavy atom. The number of pyridine rings is 1. The molecule has 0 radical (unpaired) electrons. The number of hydrogen-bond donors (Lipinski definition) is 1. The van der Waals surface area contributed by atoms with Gasteiger partial charge in [-0.25, -0.2) is 13.4 Å². The van der Waals surface area contributed by atoms with Crippen molar-refractivity contribution in [2.75, 3.05) is 11.9 Å². The number of sulfone groups is 1. The van der Waals surface area contributed by atoms with Gasteiger partial charge in [0, 0.05) is 18.6 Å². The van der Waals surface area contributed by atoms with Crippen LogP contribution in [0.15, 0.2) is 23.4 Å². The normalized spacial score (nSPS) is 28.4. The Kier molecular flexibility index (Phi) is 4.40. The molecule has 6 heteroatoms. The van der Waals surface area contributed by atoms with Gasteiger partial charge >= 0.3 is 0 Å². The summed E-state index contributed by atoms with van der Waals surface area (Å²) < 4.78 is 29.8. The second-order valence-electron chi connectivity index (χ2n) is 7.54. The number of aromatic nitrogens is 1. The van der Waals surface area contributed by atoms with Crippen LogP contribution in [0, 0.1) is 5.92 Å². The van der Waals surface area contributed by atoms with Crippen LogP contribution in [-0.2, 0) is 14.6 Å². The number of nitrogens with zero attached hydrogens (tertiary/aromatic N) is 1. The summed E-state index contributed by atoms with van der Waals surface area (Å²) in [6.07, 6.45) is 6.58. The average molecular weight is 338 g/mol. The van der Waals surface area contributed by atoms with Gasteiger partial charge in [-0.1, -0.05) is 0 Å². The molecule has 1 saturated carbocycles. The van der Waals surface area contributed by atoms with Crippen LogP contribution in [-0.4, -0.2) is 36.9 Å². The maximum absolute atomic E-state index is 12.4. The fraction of sp³-hybridized carbons (Fsp3) is 0.706. The maximum Gasteiger partial charge on any atom is 0.200 e. The van der Waals surface area contributed by atoms with E-state index in [2.05, 4.69) is 10.3 Å². The topological polar surface area (TPSA) is 68.3 Å². The number of anilines is 1. The van der Waals surface area contributed by atoms with E-state index in [1.807, 2.05) is 6.07 Å². The molecule has 0 bridgehead atoms. The molecule has 2 aliphatic rings. The van der Waals surface area contributed by atoms with Gasteiger partial charge in [0.05, 0.1) is 22.7 Å². The summed E-state index contributed by atoms with van der Waals surface area (Å²) in [6.45, 7) is 5.93. The summed E-state index contributed by atoms with van der Waals surface area (Å²) in [7, 11) is -3.40. The molecule has 2 heterocycles. The van der Waals surface area contributed by atoms with Crippen LogP contribution < -0.4 is 5.32 Å². The molecular formula is C17H26N2O3S. The van der Waals surface area contributed by atoms with Gasteiger partial charge in [-0.2, -0.15) is 0 Å². The SMILES string of the molecule is CC(C)(C)S(=O)(=O)c1ccc(NC2CCCC3OCCC23)cn1. The molecule has 1 aliphatic heterocycles. The van der Waals surface area contributed by atoms with Crippen molar-refractivity contribution in [1.29, 1.82) is 0 Å². The van der Waals surface area contributed by atoms with E-state index < -0.39 is 14.6 Å². The third kappa shape index (κ3) is 3.24. The Morgan fingerprint density at radius 1 is 1.22 bits per heavy atom. The van der Waals surface area contributed by atoms with E-state index >= 15 is 0 Å². The summed E-state index contributed by atoms with van der Waals surface area (Å²) >= 11 is 0. The van der Waals surface area contributed by atoms with Gasteiger partial charge in [-0.15, -0.1) is 0 Å². The highest BCUT2D eigenvalue weighted by molar-refractivity contribution is 7.92. The van der Waals surface area contributed by atoms with Crippen molar-refractivity contribution in [3.8, 4) is 0 Å². The predicted octanol–water partition coefficient (Wildman–Crippen LogP) is 3.02. The zero-order valence-corrected chi connectivity index (χ0v) is 14.9. The first-order valence-electron chi connectivity index (χ1n) is 8.38. The van der Waals surface area contributed by atoms with E-state index in [-0.39, 0.29) is 5.03 Å².